The number of carbonyl (C=O) groups excluding carboxylic acids is 1. The molecule has 0 aromatic carbocycles. The monoisotopic (exact) mass is 314 g/mol. The molecule has 3 rings (SSSR count). The molecule has 0 spiro atoms. The van der Waals surface area contributed by atoms with Crippen molar-refractivity contribution in [1.82, 2.24) is 25.5 Å². The highest BCUT2D eigenvalue weighted by Gasteiger charge is 2.26. The van der Waals surface area contributed by atoms with E-state index < -0.39 is 6.10 Å². The van der Waals surface area contributed by atoms with E-state index in [0.29, 0.717) is 31.0 Å². The smallest absolute Gasteiger partial charge is 0.264 e. The first-order chi connectivity index (χ1) is 11.3. The van der Waals surface area contributed by atoms with Crippen molar-refractivity contribution in [3.63, 3.8) is 0 Å². The van der Waals surface area contributed by atoms with Crippen molar-refractivity contribution >= 4 is 11.6 Å². The number of hydrogen-bond donors (Lipinski definition) is 2. The van der Waals surface area contributed by atoms with E-state index in [1.165, 1.54) is 0 Å². The van der Waals surface area contributed by atoms with E-state index in [9.17, 15) is 4.79 Å². The van der Waals surface area contributed by atoms with Crippen molar-refractivity contribution in [2.24, 2.45) is 5.16 Å². The van der Waals surface area contributed by atoms with E-state index in [-0.39, 0.29) is 5.91 Å². The van der Waals surface area contributed by atoms with Crippen molar-refractivity contribution in [2.45, 2.75) is 32.3 Å². The lowest BCUT2D eigenvalue weighted by Gasteiger charge is -2.08. The number of amides is 1. The Hall–Kier alpha value is -2.77. The second-order valence-corrected chi connectivity index (χ2v) is 5.20. The molecule has 1 aliphatic rings. The molecule has 0 bridgehead atoms. The fourth-order valence-corrected chi connectivity index (χ4v) is 2.23. The van der Waals surface area contributed by atoms with E-state index in [1.807, 2.05) is 19.1 Å². The molecule has 0 radical (unpaired) electrons. The number of nitrogens with zero attached hydrogens (tertiary/aromatic N) is 4. The largest absolute Gasteiger partial charge is 0.382 e. The molecule has 2 aromatic rings. The second kappa shape index (κ2) is 6.99. The summed E-state index contributed by atoms with van der Waals surface area (Å²) in [6.45, 7) is 2.45. The van der Waals surface area contributed by atoms with E-state index in [1.54, 1.807) is 12.4 Å². The number of nitrogens with one attached hydrogen (secondary N) is 2. The van der Waals surface area contributed by atoms with Gasteiger partial charge in [0.05, 0.1) is 5.71 Å². The number of oxime groups is 1. The summed E-state index contributed by atoms with van der Waals surface area (Å²) in [4.78, 5) is 25.5. The zero-order chi connectivity index (χ0) is 16.1. The molecule has 0 saturated carbocycles. The van der Waals surface area contributed by atoms with Gasteiger partial charge in [-0.25, -0.2) is 4.98 Å². The van der Waals surface area contributed by atoms with Crippen LogP contribution in [0.15, 0.2) is 29.7 Å². The van der Waals surface area contributed by atoms with Crippen LogP contribution in [0.5, 0.6) is 0 Å². The second-order valence-electron chi connectivity index (χ2n) is 5.20. The SMILES string of the molecule is CCC1=NOC(C(=O)NCCc2nc(-c3cccnc3)n[nH]2)C1. The zero-order valence-electron chi connectivity index (χ0n) is 12.8. The summed E-state index contributed by atoms with van der Waals surface area (Å²) in [6.07, 6.45) is 4.83. The number of rotatable bonds is 6. The highest BCUT2D eigenvalue weighted by molar-refractivity contribution is 5.92. The minimum Gasteiger partial charge on any atom is -0.382 e. The average Bonchev–Trinajstić information content (AvgIpc) is 3.25. The average molecular weight is 314 g/mol. The molecule has 1 aliphatic heterocycles. The molecule has 0 saturated heterocycles. The Bertz CT molecular complexity index is 697. The molecule has 1 unspecified atom stereocenters. The van der Waals surface area contributed by atoms with Crippen LogP contribution in [0.2, 0.25) is 0 Å². The maximum absolute atomic E-state index is 12.0. The summed E-state index contributed by atoms with van der Waals surface area (Å²) in [7, 11) is 0. The standard InChI is InChI=1S/C15H18N6O2/c1-2-11-8-12(23-21-11)15(22)17-7-5-13-18-14(20-19-13)10-4-3-6-16-9-10/h3-4,6,9,12H,2,5,7-8H2,1H3,(H,17,22)(H,18,19,20). The molecule has 2 aromatic heterocycles. The van der Waals surface area contributed by atoms with E-state index in [4.69, 9.17) is 4.84 Å². The van der Waals surface area contributed by atoms with Gasteiger partial charge in [-0.2, -0.15) is 5.10 Å². The van der Waals surface area contributed by atoms with E-state index in [2.05, 4.69) is 30.6 Å². The zero-order valence-corrected chi connectivity index (χ0v) is 12.8. The molecule has 0 fully saturated rings. The Morgan fingerprint density at radius 1 is 1.52 bits per heavy atom. The van der Waals surface area contributed by atoms with Crippen molar-refractivity contribution in [3.05, 3.63) is 30.4 Å². The molecule has 120 valence electrons. The molecule has 2 N–H and O–H groups in total. The Morgan fingerprint density at radius 2 is 2.43 bits per heavy atom. The van der Waals surface area contributed by atoms with Gasteiger partial charge in [0.15, 0.2) is 5.82 Å². The summed E-state index contributed by atoms with van der Waals surface area (Å²) in [5, 5.41) is 13.7. The molecular weight excluding hydrogens is 296 g/mol. The van der Waals surface area contributed by atoms with E-state index >= 15 is 0 Å². The predicted octanol–water partition coefficient (Wildman–Crippen LogP) is 1.08. The fraction of sp³-hybridized carbons (Fsp3) is 0.400. The van der Waals surface area contributed by atoms with Crippen LogP contribution in [0.4, 0.5) is 0 Å². The van der Waals surface area contributed by atoms with Gasteiger partial charge in [-0.3, -0.25) is 14.9 Å². The van der Waals surface area contributed by atoms with E-state index in [0.717, 1.165) is 17.7 Å². The highest BCUT2D eigenvalue weighted by Crippen LogP contribution is 2.13. The summed E-state index contributed by atoms with van der Waals surface area (Å²) >= 11 is 0. The van der Waals surface area contributed by atoms with Gasteiger partial charge in [0.1, 0.15) is 5.82 Å². The number of carbonyl (C=O) groups is 1. The highest BCUT2D eigenvalue weighted by atomic mass is 16.6. The fourth-order valence-electron chi connectivity index (χ4n) is 2.23. The number of H-pyrrole nitrogens is 1. The van der Waals surface area contributed by atoms with Gasteiger partial charge >= 0.3 is 0 Å². The quantitative estimate of drug-likeness (QED) is 0.830. The summed E-state index contributed by atoms with van der Waals surface area (Å²) in [5.74, 6) is 1.16. The van der Waals surface area contributed by atoms with Gasteiger partial charge in [-0.1, -0.05) is 12.1 Å². The van der Waals surface area contributed by atoms with Crippen LogP contribution in [-0.2, 0) is 16.1 Å². The third-order valence-electron chi connectivity index (χ3n) is 3.54. The molecule has 1 amide bonds. The summed E-state index contributed by atoms with van der Waals surface area (Å²) < 4.78 is 0. The summed E-state index contributed by atoms with van der Waals surface area (Å²) in [5.41, 5.74) is 1.77. The Balaban J connectivity index is 1.46. The molecule has 0 aliphatic carbocycles. The molecule has 8 nitrogen and oxygen atoms in total. The molecular formula is C15H18N6O2. The first-order valence-electron chi connectivity index (χ1n) is 7.57. The lowest BCUT2D eigenvalue weighted by atomic mass is 10.1. The van der Waals surface area contributed by atoms with Gasteiger partial charge < -0.3 is 10.2 Å². The van der Waals surface area contributed by atoms with Crippen LogP contribution < -0.4 is 5.32 Å². The number of aromatic nitrogens is 4. The van der Waals surface area contributed by atoms with Gasteiger partial charge in [-0.05, 0) is 18.6 Å². The van der Waals surface area contributed by atoms with Crippen LogP contribution in [0, 0.1) is 0 Å². The minimum absolute atomic E-state index is 0.149. The molecule has 3 heterocycles. The third kappa shape index (κ3) is 3.71. The van der Waals surface area contributed by atoms with Gasteiger partial charge in [0.2, 0.25) is 6.10 Å². The topological polar surface area (TPSA) is 105 Å². The predicted molar refractivity (Wildman–Crippen MR) is 83.5 cm³/mol. The Morgan fingerprint density at radius 3 is 3.17 bits per heavy atom. The van der Waals surface area contributed by atoms with Crippen LogP contribution in [-0.4, -0.2) is 44.4 Å². The first kappa shape index (κ1) is 15.1. The molecule has 1 atom stereocenters. The van der Waals surface area contributed by atoms with Crippen LogP contribution in [0.25, 0.3) is 11.4 Å². The number of hydrogen-bond acceptors (Lipinski definition) is 6. The van der Waals surface area contributed by atoms with Crippen LogP contribution >= 0.6 is 0 Å². The molecule has 8 heteroatoms. The first-order valence-corrected chi connectivity index (χ1v) is 7.57. The normalized spacial score (nSPS) is 16.7. The van der Waals surface area contributed by atoms with Crippen LogP contribution in [0.3, 0.4) is 0 Å². The number of aromatic amines is 1. The Kier molecular flexibility index (Phi) is 4.60. The lowest BCUT2D eigenvalue weighted by molar-refractivity contribution is -0.131. The number of pyridine rings is 1. The van der Waals surface area contributed by atoms with Gasteiger partial charge in [0.25, 0.3) is 5.91 Å². The maximum atomic E-state index is 12.0. The summed E-state index contributed by atoms with van der Waals surface area (Å²) in [6, 6.07) is 3.73. The Labute approximate surface area is 133 Å². The maximum Gasteiger partial charge on any atom is 0.264 e. The van der Waals surface area contributed by atoms with Gasteiger partial charge in [-0.15, -0.1) is 0 Å². The van der Waals surface area contributed by atoms with Crippen LogP contribution in [0.1, 0.15) is 25.6 Å². The van der Waals surface area contributed by atoms with Gasteiger partial charge in [0, 0.05) is 37.3 Å². The third-order valence-corrected chi connectivity index (χ3v) is 3.54. The van der Waals surface area contributed by atoms with Crippen molar-refractivity contribution in [1.29, 1.82) is 0 Å². The minimum atomic E-state index is -0.509. The van der Waals surface area contributed by atoms with Crippen molar-refractivity contribution in [2.75, 3.05) is 6.54 Å². The van der Waals surface area contributed by atoms with Crippen molar-refractivity contribution < 1.29 is 9.63 Å². The van der Waals surface area contributed by atoms with Crippen molar-refractivity contribution in [3.8, 4) is 11.4 Å². The molecule has 23 heavy (non-hydrogen) atoms. The lowest BCUT2D eigenvalue weighted by Crippen LogP contribution is -2.36.